The zero-order valence-electron chi connectivity index (χ0n) is 12.3. The highest BCUT2D eigenvalue weighted by Crippen LogP contribution is 2.21. The molecule has 116 valence electrons. The maximum Gasteiger partial charge on any atom is 0.229 e. The molecule has 0 bridgehead atoms. The van der Waals surface area contributed by atoms with E-state index in [9.17, 15) is 4.39 Å². The van der Waals surface area contributed by atoms with Gasteiger partial charge in [-0.15, -0.1) is 0 Å². The third-order valence-corrected chi connectivity index (χ3v) is 3.34. The van der Waals surface area contributed by atoms with E-state index in [4.69, 9.17) is 11.6 Å². The van der Waals surface area contributed by atoms with Crippen LogP contribution in [-0.2, 0) is 0 Å². The lowest BCUT2D eigenvalue weighted by atomic mass is 10.3. The summed E-state index contributed by atoms with van der Waals surface area (Å²) < 4.78 is 13.7. The molecule has 0 radical (unpaired) electrons. The molecule has 0 spiro atoms. The number of rotatable bonds is 4. The molecule has 6 heteroatoms. The lowest BCUT2D eigenvalue weighted by Gasteiger charge is -2.10. The Morgan fingerprint density at radius 2 is 1.70 bits per heavy atom. The van der Waals surface area contributed by atoms with Crippen LogP contribution in [0, 0.1) is 12.7 Å². The third-order valence-electron chi connectivity index (χ3n) is 3.09. The standard InChI is InChI=1S/C17H14ClFN4/c1-11-10-16(21-13-8-6-12(18)7-9-13)23-17(20-11)22-15-5-3-2-4-14(15)19/h2-10H,1H3,(H2,20,21,22,23). The van der Waals surface area contributed by atoms with E-state index in [0.717, 1.165) is 11.4 Å². The maximum absolute atomic E-state index is 13.7. The average molecular weight is 329 g/mol. The number of para-hydroxylation sites is 1. The van der Waals surface area contributed by atoms with Gasteiger partial charge in [-0.2, -0.15) is 4.98 Å². The van der Waals surface area contributed by atoms with E-state index in [1.165, 1.54) is 6.07 Å². The van der Waals surface area contributed by atoms with Crippen LogP contribution in [0.2, 0.25) is 5.02 Å². The highest BCUT2D eigenvalue weighted by molar-refractivity contribution is 6.30. The first-order valence-electron chi connectivity index (χ1n) is 7.00. The molecule has 0 aliphatic carbocycles. The van der Waals surface area contributed by atoms with E-state index in [1.54, 1.807) is 36.4 Å². The minimum absolute atomic E-state index is 0.326. The Balaban J connectivity index is 1.84. The number of halogens is 2. The summed E-state index contributed by atoms with van der Waals surface area (Å²) in [4.78, 5) is 8.63. The second-order valence-corrected chi connectivity index (χ2v) is 5.39. The Bertz CT molecular complexity index is 821. The fraction of sp³-hybridized carbons (Fsp3) is 0.0588. The molecule has 0 saturated carbocycles. The van der Waals surface area contributed by atoms with Gasteiger partial charge < -0.3 is 10.6 Å². The molecule has 2 aromatic carbocycles. The molecule has 1 heterocycles. The summed E-state index contributed by atoms with van der Waals surface area (Å²) in [5, 5.41) is 6.72. The van der Waals surface area contributed by atoms with Crippen molar-refractivity contribution in [1.29, 1.82) is 0 Å². The molecule has 0 saturated heterocycles. The summed E-state index contributed by atoms with van der Waals surface area (Å²) in [6.45, 7) is 1.85. The van der Waals surface area contributed by atoms with Crippen LogP contribution in [0.3, 0.4) is 0 Å². The minimum Gasteiger partial charge on any atom is -0.340 e. The molecular weight excluding hydrogens is 315 g/mol. The van der Waals surface area contributed by atoms with Crippen LogP contribution in [0.5, 0.6) is 0 Å². The van der Waals surface area contributed by atoms with Crippen molar-refractivity contribution in [3.8, 4) is 0 Å². The van der Waals surface area contributed by atoms with Crippen molar-refractivity contribution in [3.05, 3.63) is 71.1 Å². The number of aryl methyl sites for hydroxylation is 1. The third kappa shape index (κ3) is 3.96. The van der Waals surface area contributed by atoms with Gasteiger partial charge in [-0.05, 0) is 43.3 Å². The largest absolute Gasteiger partial charge is 0.340 e. The number of nitrogens with one attached hydrogen (secondary N) is 2. The molecular formula is C17H14ClFN4. The average Bonchev–Trinajstić information content (AvgIpc) is 2.51. The fourth-order valence-electron chi connectivity index (χ4n) is 2.05. The molecule has 0 unspecified atom stereocenters. The van der Waals surface area contributed by atoms with Gasteiger partial charge in [-0.25, -0.2) is 9.37 Å². The summed E-state index contributed by atoms with van der Waals surface area (Å²) in [5.74, 6) is 0.579. The number of hydrogen-bond donors (Lipinski definition) is 2. The van der Waals surface area contributed by atoms with E-state index >= 15 is 0 Å². The topological polar surface area (TPSA) is 49.8 Å². The SMILES string of the molecule is Cc1cc(Nc2ccc(Cl)cc2)nc(Nc2ccccc2F)n1. The molecule has 3 rings (SSSR count). The number of anilines is 4. The first-order valence-corrected chi connectivity index (χ1v) is 7.38. The summed E-state index contributed by atoms with van der Waals surface area (Å²) in [6.07, 6.45) is 0. The molecule has 4 nitrogen and oxygen atoms in total. The molecule has 0 amide bonds. The summed E-state index contributed by atoms with van der Waals surface area (Å²) in [7, 11) is 0. The summed E-state index contributed by atoms with van der Waals surface area (Å²) in [5.41, 5.74) is 1.94. The van der Waals surface area contributed by atoms with Crippen LogP contribution in [0.4, 0.5) is 27.5 Å². The van der Waals surface area contributed by atoms with Crippen molar-refractivity contribution >= 4 is 34.7 Å². The Morgan fingerprint density at radius 3 is 2.43 bits per heavy atom. The second-order valence-electron chi connectivity index (χ2n) is 4.95. The van der Waals surface area contributed by atoms with Gasteiger partial charge in [0.2, 0.25) is 5.95 Å². The number of hydrogen-bond acceptors (Lipinski definition) is 4. The van der Waals surface area contributed by atoms with Crippen molar-refractivity contribution in [2.24, 2.45) is 0 Å². The van der Waals surface area contributed by atoms with Crippen molar-refractivity contribution in [3.63, 3.8) is 0 Å². The summed E-state index contributed by atoms with van der Waals surface area (Å²) in [6, 6.07) is 15.5. The van der Waals surface area contributed by atoms with Crippen LogP contribution in [0.25, 0.3) is 0 Å². The Labute approximate surface area is 138 Å². The Morgan fingerprint density at radius 1 is 0.957 bits per heavy atom. The van der Waals surface area contributed by atoms with E-state index in [-0.39, 0.29) is 5.82 Å². The number of aromatic nitrogens is 2. The van der Waals surface area contributed by atoms with E-state index in [1.807, 2.05) is 19.1 Å². The van der Waals surface area contributed by atoms with Crippen LogP contribution < -0.4 is 10.6 Å². The zero-order chi connectivity index (χ0) is 16.2. The van der Waals surface area contributed by atoms with Gasteiger partial charge in [0.15, 0.2) is 0 Å². The van der Waals surface area contributed by atoms with Gasteiger partial charge in [0, 0.05) is 22.5 Å². The molecule has 3 aromatic rings. The normalized spacial score (nSPS) is 10.4. The van der Waals surface area contributed by atoms with Gasteiger partial charge in [0.05, 0.1) is 5.69 Å². The quantitative estimate of drug-likeness (QED) is 0.702. The smallest absolute Gasteiger partial charge is 0.229 e. The van der Waals surface area contributed by atoms with Crippen molar-refractivity contribution in [2.45, 2.75) is 6.92 Å². The fourth-order valence-corrected chi connectivity index (χ4v) is 2.18. The molecule has 0 fully saturated rings. The van der Waals surface area contributed by atoms with E-state index in [2.05, 4.69) is 20.6 Å². The van der Waals surface area contributed by atoms with Crippen LogP contribution in [-0.4, -0.2) is 9.97 Å². The molecule has 2 N–H and O–H groups in total. The molecule has 0 aliphatic rings. The zero-order valence-corrected chi connectivity index (χ0v) is 13.1. The van der Waals surface area contributed by atoms with Crippen molar-refractivity contribution < 1.29 is 4.39 Å². The number of nitrogens with zero attached hydrogens (tertiary/aromatic N) is 2. The molecule has 0 atom stereocenters. The first kappa shape index (κ1) is 15.2. The van der Waals surface area contributed by atoms with Gasteiger partial charge in [-0.3, -0.25) is 0 Å². The van der Waals surface area contributed by atoms with Crippen molar-refractivity contribution in [1.82, 2.24) is 9.97 Å². The van der Waals surface area contributed by atoms with Gasteiger partial charge in [-0.1, -0.05) is 23.7 Å². The first-order chi connectivity index (χ1) is 11.1. The monoisotopic (exact) mass is 328 g/mol. The second kappa shape index (κ2) is 6.62. The lowest BCUT2D eigenvalue weighted by molar-refractivity contribution is 0.631. The van der Waals surface area contributed by atoms with Crippen LogP contribution in [0.1, 0.15) is 5.69 Å². The molecule has 1 aromatic heterocycles. The predicted octanol–water partition coefficient (Wildman–Crippen LogP) is 5.06. The minimum atomic E-state index is -0.357. The number of benzene rings is 2. The van der Waals surface area contributed by atoms with Crippen LogP contribution in [0.15, 0.2) is 54.6 Å². The predicted molar refractivity (Wildman–Crippen MR) is 91.2 cm³/mol. The van der Waals surface area contributed by atoms with Crippen molar-refractivity contribution in [2.75, 3.05) is 10.6 Å². The van der Waals surface area contributed by atoms with Gasteiger partial charge in [0.25, 0.3) is 0 Å². The Hall–Kier alpha value is -2.66. The van der Waals surface area contributed by atoms with Crippen LogP contribution >= 0.6 is 11.6 Å². The maximum atomic E-state index is 13.7. The summed E-state index contributed by atoms with van der Waals surface area (Å²) >= 11 is 5.87. The highest BCUT2D eigenvalue weighted by Gasteiger charge is 2.06. The van der Waals surface area contributed by atoms with Gasteiger partial charge >= 0.3 is 0 Å². The lowest BCUT2D eigenvalue weighted by Crippen LogP contribution is -2.03. The molecule has 0 aliphatic heterocycles. The van der Waals surface area contributed by atoms with Gasteiger partial charge in [0.1, 0.15) is 11.6 Å². The highest BCUT2D eigenvalue weighted by atomic mass is 35.5. The van der Waals surface area contributed by atoms with E-state index < -0.39 is 0 Å². The molecule has 23 heavy (non-hydrogen) atoms. The Kier molecular flexibility index (Phi) is 4.39. The van der Waals surface area contributed by atoms with E-state index in [0.29, 0.717) is 22.5 Å².